The standard InChI is InChI=1S/C36H22N4S2/c37-23-31-29(25-13-5-1-6-14-25)21-33(27-17-9-3-10-18-27)39-35(31)41-42-36-32(24-38)30(26-15-7-2-8-16-26)22-34(40-36)28-19-11-4-12-20-28/h1-22H. The molecule has 0 unspecified atom stereocenters. The zero-order valence-corrected chi connectivity index (χ0v) is 23.9. The van der Waals surface area contributed by atoms with Gasteiger partial charge in [0.2, 0.25) is 0 Å². The number of hydrogen-bond donors (Lipinski definition) is 0. The van der Waals surface area contributed by atoms with Gasteiger partial charge < -0.3 is 0 Å². The van der Waals surface area contributed by atoms with Crippen molar-refractivity contribution >= 4 is 21.6 Å². The fraction of sp³-hybridized carbons (Fsp3) is 0. The molecule has 4 aromatic carbocycles. The highest BCUT2D eigenvalue weighted by molar-refractivity contribution is 8.76. The van der Waals surface area contributed by atoms with Gasteiger partial charge in [-0.15, -0.1) is 0 Å². The van der Waals surface area contributed by atoms with Gasteiger partial charge in [0.05, 0.1) is 22.5 Å². The zero-order valence-electron chi connectivity index (χ0n) is 22.3. The van der Waals surface area contributed by atoms with Gasteiger partial charge in [0.15, 0.2) is 0 Å². The fourth-order valence-corrected chi connectivity index (χ4v) is 6.77. The molecule has 0 amide bonds. The summed E-state index contributed by atoms with van der Waals surface area (Å²) < 4.78 is 0. The molecule has 6 aromatic rings. The van der Waals surface area contributed by atoms with Gasteiger partial charge in [-0.3, -0.25) is 0 Å². The van der Waals surface area contributed by atoms with Crippen LogP contribution in [0.2, 0.25) is 0 Å². The highest BCUT2D eigenvalue weighted by atomic mass is 33.1. The minimum atomic E-state index is 0.486. The maximum absolute atomic E-state index is 10.3. The Morgan fingerprint density at radius 1 is 0.429 bits per heavy atom. The lowest BCUT2D eigenvalue weighted by atomic mass is 9.99. The summed E-state index contributed by atoms with van der Waals surface area (Å²) >= 11 is 0. The van der Waals surface area contributed by atoms with E-state index in [1.54, 1.807) is 0 Å². The predicted molar refractivity (Wildman–Crippen MR) is 171 cm³/mol. The second-order valence-electron chi connectivity index (χ2n) is 9.32. The molecule has 0 saturated carbocycles. The quantitative estimate of drug-likeness (QED) is 0.177. The van der Waals surface area contributed by atoms with Crippen LogP contribution < -0.4 is 0 Å². The Morgan fingerprint density at radius 2 is 0.738 bits per heavy atom. The van der Waals surface area contributed by atoms with E-state index in [2.05, 4.69) is 12.1 Å². The minimum absolute atomic E-state index is 0.486. The third-order valence-corrected chi connectivity index (χ3v) is 8.89. The Morgan fingerprint density at radius 3 is 1.05 bits per heavy atom. The van der Waals surface area contributed by atoms with Crippen LogP contribution in [-0.2, 0) is 0 Å². The van der Waals surface area contributed by atoms with E-state index >= 15 is 0 Å². The predicted octanol–water partition coefficient (Wildman–Crippen LogP) is 9.69. The van der Waals surface area contributed by atoms with Crippen molar-refractivity contribution in [2.24, 2.45) is 0 Å². The first-order valence-electron chi connectivity index (χ1n) is 13.2. The van der Waals surface area contributed by atoms with Crippen molar-refractivity contribution in [3.05, 3.63) is 145 Å². The number of pyridine rings is 2. The zero-order chi connectivity index (χ0) is 28.7. The Hall–Kier alpha value is -5.14. The van der Waals surface area contributed by atoms with E-state index in [4.69, 9.17) is 9.97 Å². The average Bonchev–Trinajstić information content (AvgIpc) is 3.08. The molecule has 42 heavy (non-hydrogen) atoms. The molecule has 0 spiro atoms. The first-order valence-corrected chi connectivity index (χ1v) is 15.4. The number of benzene rings is 4. The lowest BCUT2D eigenvalue weighted by Gasteiger charge is -2.14. The molecule has 4 nitrogen and oxygen atoms in total. The Labute approximate surface area is 252 Å². The summed E-state index contributed by atoms with van der Waals surface area (Å²) in [6.45, 7) is 0. The summed E-state index contributed by atoms with van der Waals surface area (Å²) in [5.74, 6) is 0. The molecule has 0 aliphatic carbocycles. The Kier molecular flexibility index (Phi) is 8.10. The molecular weight excluding hydrogens is 553 g/mol. The number of nitrogens with zero attached hydrogens (tertiary/aromatic N) is 4. The van der Waals surface area contributed by atoms with E-state index in [0.29, 0.717) is 21.2 Å². The van der Waals surface area contributed by atoms with Crippen LogP contribution in [0.4, 0.5) is 0 Å². The van der Waals surface area contributed by atoms with E-state index in [9.17, 15) is 10.5 Å². The van der Waals surface area contributed by atoms with E-state index in [1.807, 2.05) is 133 Å². The molecule has 0 N–H and O–H groups in total. The van der Waals surface area contributed by atoms with E-state index in [0.717, 1.165) is 44.8 Å². The normalized spacial score (nSPS) is 10.5. The highest BCUT2D eigenvalue weighted by Gasteiger charge is 2.20. The summed E-state index contributed by atoms with van der Waals surface area (Å²) in [5, 5.41) is 21.8. The first-order chi connectivity index (χ1) is 20.7. The summed E-state index contributed by atoms with van der Waals surface area (Å²) in [5.41, 5.74) is 7.93. The van der Waals surface area contributed by atoms with Crippen molar-refractivity contribution in [1.29, 1.82) is 10.5 Å². The molecule has 6 rings (SSSR count). The topological polar surface area (TPSA) is 73.4 Å². The smallest absolute Gasteiger partial charge is 0.126 e. The average molecular weight is 575 g/mol. The molecule has 0 aliphatic rings. The van der Waals surface area contributed by atoms with Crippen LogP contribution in [0, 0.1) is 22.7 Å². The Balaban J connectivity index is 1.48. The summed E-state index contributed by atoms with van der Waals surface area (Å²) in [6.07, 6.45) is 0. The van der Waals surface area contributed by atoms with Crippen molar-refractivity contribution in [2.45, 2.75) is 10.1 Å². The van der Waals surface area contributed by atoms with Crippen LogP contribution in [0.1, 0.15) is 11.1 Å². The molecule has 0 bridgehead atoms. The van der Waals surface area contributed by atoms with Crippen molar-refractivity contribution in [2.75, 3.05) is 0 Å². The van der Waals surface area contributed by atoms with Crippen molar-refractivity contribution in [3.63, 3.8) is 0 Å². The maximum atomic E-state index is 10.3. The van der Waals surface area contributed by atoms with Gasteiger partial charge in [-0.2, -0.15) is 10.5 Å². The van der Waals surface area contributed by atoms with Gasteiger partial charge in [0, 0.05) is 22.3 Å². The molecule has 0 atom stereocenters. The first kappa shape index (κ1) is 27.1. The van der Waals surface area contributed by atoms with Crippen LogP contribution in [0.15, 0.2) is 144 Å². The number of rotatable bonds is 7. The molecule has 6 heteroatoms. The molecular formula is C36H22N4S2. The van der Waals surface area contributed by atoms with Crippen molar-refractivity contribution in [3.8, 4) is 56.9 Å². The minimum Gasteiger partial charge on any atom is -0.239 e. The van der Waals surface area contributed by atoms with E-state index < -0.39 is 0 Å². The third kappa shape index (κ3) is 5.68. The number of nitriles is 2. The molecule has 0 saturated heterocycles. The largest absolute Gasteiger partial charge is 0.239 e. The highest BCUT2D eigenvalue weighted by Crippen LogP contribution is 2.44. The van der Waals surface area contributed by atoms with Crippen LogP contribution >= 0.6 is 21.6 Å². The van der Waals surface area contributed by atoms with E-state index in [-0.39, 0.29) is 0 Å². The van der Waals surface area contributed by atoms with Crippen LogP contribution in [0.3, 0.4) is 0 Å². The van der Waals surface area contributed by atoms with Gasteiger partial charge in [0.25, 0.3) is 0 Å². The SMILES string of the molecule is N#Cc1c(-c2ccccc2)cc(-c2ccccc2)nc1SSc1nc(-c2ccccc2)cc(-c2ccccc2)c1C#N. The monoisotopic (exact) mass is 574 g/mol. The molecule has 2 aromatic heterocycles. The lowest BCUT2D eigenvalue weighted by Crippen LogP contribution is -1.97. The van der Waals surface area contributed by atoms with Crippen LogP contribution in [0.5, 0.6) is 0 Å². The van der Waals surface area contributed by atoms with Gasteiger partial charge >= 0.3 is 0 Å². The van der Waals surface area contributed by atoms with Crippen LogP contribution in [-0.4, -0.2) is 9.97 Å². The lowest BCUT2D eigenvalue weighted by molar-refractivity contribution is 1.12. The third-order valence-electron chi connectivity index (χ3n) is 6.70. The van der Waals surface area contributed by atoms with Crippen LogP contribution in [0.25, 0.3) is 44.8 Å². The summed E-state index contributed by atoms with van der Waals surface area (Å²) in [4.78, 5) is 9.88. The van der Waals surface area contributed by atoms with Gasteiger partial charge in [0.1, 0.15) is 22.2 Å². The van der Waals surface area contributed by atoms with Gasteiger partial charge in [-0.1, -0.05) is 121 Å². The number of hydrogen-bond acceptors (Lipinski definition) is 6. The molecule has 0 radical (unpaired) electrons. The number of aromatic nitrogens is 2. The second kappa shape index (κ2) is 12.6. The van der Waals surface area contributed by atoms with Crippen molar-refractivity contribution in [1.82, 2.24) is 9.97 Å². The fourth-order valence-electron chi connectivity index (χ4n) is 4.66. The summed E-state index contributed by atoms with van der Waals surface area (Å²) in [7, 11) is 2.70. The Bertz CT molecular complexity index is 1790. The van der Waals surface area contributed by atoms with E-state index in [1.165, 1.54) is 21.6 Å². The molecule has 0 fully saturated rings. The van der Waals surface area contributed by atoms with Gasteiger partial charge in [-0.25, -0.2) is 9.97 Å². The molecule has 198 valence electrons. The second-order valence-corrected chi connectivity index (χ2v) is 11.4. The molecule has 2 heterocycles. The molecule has 0 aliphatic heterocycles. The van der Waals surface area contributed by atoms with Gasteiger partial charge in [-0.05, 0) is 44.8 Å². The van der Waals surface area contributed by atoms with Crippen molar-refractivity contribution < 1.29 is 0 Å². The maximum Gasteiger partial charge on any atom is 0.126 e. The summed E-state index contributed by atoms with van der Waals surface area (Å²) in [6, 6.07) is 48.4.